The summed E-state index contributed by atoms with van der Waals surface area (Å²) in [4.78, 5) is 25.9. The van der Waals surface area contributed by atoms with E-state index in [9.17, 15) is 9.59 Å². The largest absolute Gasteiger partial charge is 0.323 e. The van der Waals surface area contributed by atoms with Gasteiger partial charge in [0.05, 0.1) is 17.6 Å². The molecule has 0 saturated carbocycles. The van der Waals surface area contributed by atoms with Crippen LogP contribution in [-0.4, -0.2) is 26.3 Å². The number of anilines is 2. The summed E-state index contributed by atoms with van der Waals surface area (Å²) < 4.78 is 0.523. The number of fused-ring (bicyclic) bond motifs is 1. The Hall–Kier alpha value is -2.28. The van der Waals surface area contributed by atoms with Gasteiger partial charge in [-0.2, -0.15) is 5.10 Å². The highest BCUT2D eigenvalue weighted by Gasteiger charge is 2.45. The number of nitrogens with zero attached hydrogens (tertiary/aromatic N) is 2. The predicted molar refractivity (Wildman–Crippen MR) is 90.6 cm³/mol. The molecule has 2 N–H and O–H groups in total. The van der Waals surface area contributed by atoms with Crippen molar-refractivity contribution in [3.05, 3.63) is 36.7 Å². The standard InChI is InChI=1S/C16H18N4O2S/c1-10(2)20-9-11(8-17-20)18-14(21)16(3)15(22)19-12-6-4-5-7-13(12)23-16/h4-10H,1-3H3,(H,18,21)(H,19,22). The van der Waals surface area contributed by atoms with E-state index in [-0.39, 0.29) is 17.9 Å². The maximum atomic E-state index is 12.7. The van der Waals surface area contributed by atoms with E-state index >= 15 is 0 Å². The smallest absolute Gasteiger partial charge is 0.250 e. The molecule has 3 rings (SSSR count). The van der Waals surface area contributed by atoms with Gasteiger partial charge >= 0.3 is 0 Å². The van der Waals surface area contributed by atoms with Crippen molar-refractivity contribution < 1.29 is 9.59 Å². The second kappa shape index (κ2) is 5.73. The number of hydrogen-bond donors (Lipinski definition) is 2. The van der Waals surface area contributed by atoms with E-state index in [1.54, 1.807) is 24.0 Å². The molecule has 1 aromatic carbocycles. The third-order valence-electron chi connectivity index (χ3n) is 3.70. The molecule has 1 aromatic heterocycles. The third kappa shape index (κ3) is 2.84. The lowest BCUT2D eigenvalue weighted by atomic mass is 10.1. The Morgan fingerprint density at radius 1 is 1.39 bits per heavy atom. The van der Waals surface area contributed by atoms with E-state index < -0.39 is 4.75 Å². The third-order valence-corrected chi connectivity index (χ3v) is 5.06. The molecule has 0 bridgehead atoms. The van der Waals surface area contributed by atoms with Crippen LogP contribution in [0.5, 0.6) is 0 Å². The summed E-state index contributed by atoms with van der Waals surface area (Å²) >= 11 is 1.26. The summed E-state index contributed by atoms with van der Waals surface area (Å²) in [5.41, 5.74) is 1.32. The van der Waals surface area contributed by atoms with E-state index in [0.717, 1.165) is 10.6 Å². The lowest BCUT2D eigenvalue weighted by molar-refractivity contribution is -0.126. The number of benzene rings is 1. The van der Waals surface area contributed by atoms with Crippen molar-refractivity contribution in [2.24, 2.45) is 0 Å². The summed E-state index contributed by atoms with van der Waals surface area (Å²) in [5.74, 6) is -0.687. The van der Waals surface area contributed by atoms with Crippen LogP contribution in [0.1, 0.15) is 26.8 Å². The zero-order chi connectivity index (χ0) is 16.6. The molecule has 120 valence electrons. The second-order valence-corrected chi connectivity index (χ2v) is 7.30. The number of aromatic nitrogens is 2. The maximum Gasteiger partial charge on any atom is 0.250 e. The number of rotatable bonds is 3. The molecule has 23 heavy (non-hydrogen) atoms. The molecule has 2 amide bonds. The van der Waals surface area contributed by atoms with Crippen LogP contribution in [-0.2, 0) is 9.59 Å². The summed E-state index contributed by atoms with van der Waals surface area (Å²) in [6.07, 6.45) is 3.34. The van der Waals surface area contributed by atoms with Crippen LogP contribution in [0, 0.1) is 0 Å². The van der Waals surface area contributed by atoms with Crippen molar-refractivity contribution in [2.75, 3.05) is 10.6 Å². The van der Waals surface area contributed by atoms with Gasteiger partial charge in [0, 0.05) is 17.1 Å². The van der Waals surface area contributed by atoms with Crippen molar-refractivity contribution in [2.45, 2.75) is 36.5 Å². The van der Waals surface area contributed by atoms with Crippen LogP contribution in [0.25, 0.3) is 0 Å². The number of para-hydroxylation sites is 1. The fraction of sp³-hybridized carbons (Fsp3) is 0.312. The summed E-state index contributed by atoms with van der Waals surface area (Å²) in [5, 5.41) is 9.77. The average molecular weight is 330 g/mol. The number of nitrogens with one attached hydrogen (secondary N) is 2. The first-order chi connectivity index (χ1) is 10.9. The van der Waals surface area contributed by atoms with Crippen molar-refractivity contribution in [1.82, 2.24) is 9.78 Å². The molecule has 7 heteroatoms. The molecular formula is C16H18N4O2S. The molecule has 0 aliphatic carbocycles. The van der Waals surface area contributed by atoms with Crippen molar-refractivity contribution in [3.63, 3.8) is 0 Å². The molecule has 0 saturated heterocycles. The molecule has 6 nitrogen and oxygen atoms in total. The van der Waals surface area contributed by atoms with Crippen LogP contribution in [0.3, 0.4) is 0 Å². The Balaban J connectivity index is 1.82. The van der Waals surface area contributed by atoms with Crippen LogP contribution >= 0.6 is 11.8 Å². The van der Waals surface area contributed by atoms with Gasteiger partial charge in [-0.25, -0.2) is 0 Å². The second-order valence-electron chi connectivity index (χ2n) is 5.84. The summed E-state index contributed by atoms with van der Waals surface area (Å²) in [7, 11) is 0. The number of carbonyl (C=O) groups excluding carboxylic acids is 2. The topological polar surface area (TPSA) is 76.0 Å². The minimum atomic E-state index is -1.23. The zero-order valence-corrected chi connectivity index (χ0v) is 14.0. The van der Waals surface area contributed by atoms with Crippen LogP contribution in [0.4, 0.5) is 11.4 Å². The number of thioether (sulfide) groups is 1. The zero-order valence-electron chi connectivity index (χ0n) is 13.2. The lowest BCUT2D eigenvalue weighted by Crippen LogP contribution is -2.49. The predicted octanol–water partition coefficient (Wildman–Crippen LogP) is 2.91. The van der Waals surface area contributed by atoms with Gasteiger partial charge in [0.1, 0.15) is 0 Å². The number of carbonyl (C=O) groups is 2. The normalized spacial score (nSPS) is 20.1. The van der Waals surface area contributed by atoms with Gasteiger partial charge in [-0.15, -0.1) is 0 Å². The first kappa shape index (κ1) is 15.6. The first-order valence-corrected chi connectivity index (χ1v) is 8.17. The van der Waals surface area contributed by atoms with Gasteiger partial charge in [0.2, 0.25) is 11.8 Å². The van der Waals surface area contributed by atoms with Crippen LogP contribution < -0.4 is 10.6 Å². The van der Waals surface area contributed by atoms with Crippen molar-refractivity contribution in [1.29, 1.82) is 0 Å². The molecule has 1 aliphatic rings. The molecule has 2 aromatic rings. The van der Waals surface area contributed by atoms with Gasteiger partial charge in [0.15, 0.2) is 4.75 Å². The monoisotopic (exact) mass is 330 g/mol. The fourth-order valence-corrected chi connectivity index (χ4v) is 3.35. The molecule has 1 unspecified atom stereocenters. The molecule has 0 radical (unpaired) electrons. The molecule has 0 spiro atoms. The van der Waals surface area contributed by atoms with Crippen LogP contribution in [0.2, 0.25) is 0 Å². The molecule has 1 aliphatic heterocycles. The Morgan fingerprint density at radius 3 is 2.83 bits per heavy atom. The van der Waals surface area contributed by atoms with E-state index in [4.69, 9.17) is 0 Å². The summed E-state index contributed by atoms with van der Waals surface area (Å²) in [6.45, 7) is 5.63. The Kier molecular flexibility index (Phi) is 3.89. The van der Waals surface area contributed by atoms with Crippen LogP contribution in [0.15, 0.2) is 41.6 Å². The molecular weight excluding hydrogens is 312 g/mol. The minimum absolute atomic E-state index is 0.204. The van der Waals surface area contributed by atoms with Gasteiger partial charge in [-0.1, -0.05) is 23.9 Å². The van der Waals surface area contributed by atoms with Gasteiger partial charge in [-0.3, -0.25) is 14.3 Å². The van der Waals surface area contributed by atoms with Crippen molar-refractivity contribution in [3.8, 4) is 0 Å². The van der Waals surface area contributed by atoms with E-state index in [2.05, 4.69) is 15.7 Å². The highest BCUT2D eigenvalue weighted by atomic mass is 32.2. The number of amides is 2. The maximum absolute atomic E-state index is 12.7. The van der Waals surface area contributed by atoms with E-state index in [1.165, 1.54) is 11.8 Å². The average Bonchev–Trinajstić information content (AvgIpc) is 2.97. The van der Waals surface area contributed by atoms with E-state index in [0.29, 0.717) is 5.69 Å². The van der Waals surface area contributed by atoms with Gasteiger partial charge in [-0.05, 0) is 32.9 Å². The number of hydrogen-bond acceptors (Lipinski definition) is 4. The van der Waals surface area contributed by atoms with Gasteiger partial charge < -0.3 is 10.6 Å². The van der Waals surface area contributed by atoms with E-state index in [1.807, 2.05) is 38.1 Å². The highest BCUT2D eigenvalue weighted by molar-refractivity contribution is 8.02. The Morgan fingerprint density at radius 2 is 2.13 bits per heavy atom. The highest BCUT2D eigenvalue weighted by Crippen LogP contribution is 2.42. The quantitative estimate of drug-likeness (QED) is 0.849. The van der Waals surface area contributed by atoms with Gasteiger partial charge in [0.25, 0.3) is 0 Å². The fourth-order valence-electron chi connectivity index (χ4n) is 2.25. The Labute approximate surface area is 138 Å². The first-order valence-electron chi connectivity index (χ1n) is 7.35. The Bertz CT molecular complexity index is 771. The summed E-state index contributed by atoms with van der Waals surface area (Å²) in [6, 6.07) is 7.65. The van der Waals surface area contributed by atoms with Crippen molar-refractivity contribution >= 4 is 35.0 Å². The lowest BCUT2D eigenvalue weighted by Gasteiger charge is -2.31. The molecule has 2 heterocycles. The minimum Gasteiger partial charge on any atom is -0.323 e. The molecule has 1 atom stereocenters. The SMILES string of the molecule is CC(C)n1cc(NC(=O)C2(C)Sc3ccccc3NC2=O)cn1. The molecule has 0 fully saturated rings.